The molecular formula is C22H23N5O3. The van der Waals surface area contributed by atoms with Crippen LogP contribution >= 0.6 is 0 Å². The van der Waals surface area contributed by atoms with Gasteiger partial charge in [-0.2, -0.15) is 0 Å². The van der Waals surface area contributed by atoms with E-state index in [1.807, 2.05) is 30.3 Å². The Morgan fingerprint density at radius 3 is 2.67 bits per heavy atom. The van der Waals surface area contributed by atoms with E-state index in [0.717, 1.165) is 25.0 Å². The highest BCUT2D eigenvalue weighted by Gasteiger charge is 2.19. The lowest BCUT2D eigenvalue weighted by Crippen LogP contribution is -2.32. The maximum atomic E-state index is 12.6. The molecule has 0 spiro atoms. The van der Waals surface area contributed by atoms with Gasteiger partial charge >= 0.3 is 0 Å². The molecule has 2 heterocycles. The Kier molecular flexibility index (Phi) is 6.14. The lowest BCUT2D eigenvalue weighted by Gasteiger charge is -2.13. The van der Waals surface area contributed by atoms with E-state index in [-0.39, 0.29) is 17.7 Å². The van der Waals surface area contributed by atoms with Crippen LogP contribution in [0.25, 0.3) is 0 Å². The summed E-state index contributed by atoms with van der Waals surface area (Å²) < 4.78 is 7.14. The molecule has 1 aliphatic heterocycles. The van der Waals surface area contributed by atoms with Crippen molar-refractivity contribution in [3.8, 4) is 0 Å². The van der Waals surface area contributed by atoms with Crippen molar-refractivity contribution in [3.05, 3.63) is 77.6 Å². The molecule has 8 nitrogen and oxygen atoms in total. The summed E-state index contributed by atoms with van der Waals surface area (Å²) in [5.74, 6) is -0.678. The van der Waals surface area contributed by atoms with Crippen LogP contribution in [0, 0.1) is 0 Å². The molecule has 0 bridgehead atoms. The predicted molar refractivity (Wildman–Crippen MR) is 111 cm³/mol. The fourth-order valence-electron chi connectivity index (χ4n) is 3.33. The number of anilines is 1. The average Bonchev–Trinajstić information content (AvgIpc) is 3.45. The van der Waals surface area contributed by atoms with Gasteiger partial charge < -0.3 is 15.4 Å². The fourth-order valence-corrected chi connectivity index (χ4v) is 3.33. The van der Waals surface area contributed by atoms with Gasteiger partial charge in [-0.25, -0.2) is 4.68 Å². The molecule has 0 saturated carbocycles. The largest absolute Gasteiger partial charge is 0.376 e. The van der Waals surface area contributed by atoms with Gasteiger partial charge in [0.2, 0.25) is 0 Å². The first kappa shape index (κ1) is 19.8. The molecule has 0 unspecified atom stereocenters. The second kappa shape index (κ2) is 9.32. The van der Waals surface area contributed by atoms with Crippen LogP contribution in [-0.4, -0.2) is 46.1 Å². The van der Waals surface area contributed by atoms with Crippen LogP contribution in [-0.2, 0) is 11.3 Å². The number of carbonyl (C=O) groups excluding carboxylic acids is 2. The molecule has 1 aromatic heterocycles. The summed E-state index contributed by atoms with van der Waals surface area (Å²) in [6.45, 7) is 1.70. The second-order valence-corrected chi connectivity index (χ2v) is 7.13. The third-order valence-corrected chi connectivity index (χ3v) is 4.89. The Morgan fingerprint density at radius 1 is 1.07 bits per heavy atom. The number of hydrogen-bond donors (Lipinski definition) is 2. The van der Waals surface area contributed by atoms with Crippen molar-refractivity contribution in [1.82, 2.24) is 20.3 Å². The first-order valence-corrected chi connectivity index (χ1v) is 9.93. The van der Waals surface area contributed by atoms with Crippen LogP contribution in [0.4, 0.5) is 5.69 Å². The lowest BCUT2D eigenvalue weighted by atomic mass is 10.1. The summed E-state index contributed by atoms with van der Waals surface area (Å²) in [6, 6.07) is 16.7. The molecule has 4 rings (SSSR count). The number of carbonyl (C=O) groups is 2. The summed E-state index contributed by atoms with van der Waals surface area (Å²) in [5.41, 5.74) is 2.05. The SMILES string of the molecule is O=C(Nc1ccccc1C(=O)NC[C@H]1CCCO1)c1cn(Cc2ccccc2)nn1. The number of hydrogen-bond acceptors (Lipinski definition) is 5. The molecule has 3 aromatic rings. The van der Waals surface area contributed by atoms with Crippen LogP contribution in [0.5, 0.6) is 0 Å². The normalized spacial score (nSPS) is 15.7. The molecule has 1 fully saturated rings. The molecule has 2 aromatic carbocycles. The van der Waals surface area contributed by atoms with Gasteiger partial charge in [0.05, 0.1) is 30.1 Å². The van der Waals surface area contributed by atoms with Gasteiger partial charge in [-0.3, -0.25) is 9.59 Å². The highest BCUT2D eigenvalue weighted by molar-refractivity contribution is 6.08. The first-order valence-electron chi connectivity index (χ1n) is 9.93. The number of benzene rings is 2. The molecule has 0 aliphatic carbocycles. The van der Waals surface area contributed by atoms with E-state index in [1.165, 1.54) is 0 Å². The Morgan fingerprint density at radius 2 is 1.87 bits per heavy atom. The molecule has 2 amide bonds. The summed E-state index contributed by atoms with van der Waals surface area (Å²) in [7, 11) is 0. The standard InChI is InChI=1S/C22H23N5O3/c28-21(23-13-17-9-6-12-30-17)18-10-4-5-11-19(18)24-22(29)20-15-27(26-25-20)14-16-7-2-1-3-8-16/h1-5,7-8,10-11,15,17H,6,9,12-14H2,(H,23,28)(H,24,29)/t17-/m1/s1. The maximum absolute atomic E-state index is 12.6. The molecule has 154 valence electrons. The van der Waals surface area contributed by atoms with Crippen molar-refractivity contribution < 1.29 is 14.3 Å². The number of nitrogens with one attached hydrogen (secondary N) is 2. The number of aromatic nitrogens is 3. The number of nitrogens with zero attached hydrogens (tertiary/aromatic N) is 3. The molecule has 1 atom stereocenters. The molecule has 30 heavy (non-hydrogen) atoms. The van der Waals surface area contributed by atoms with Gasteiger partial charge in [0.1, 0.15) is 0 Å². The van der Waals surface area contributed by atoms with Crippen LogP contribution < -0.4 is 10.6 Å². The van der Waals surface area contributed by atoms with E-state index in [2.05, 4.69) is 20.9 Å². The minimum absolute atomic E-state index is 0.0513. The minimum atomic E-state index is -0.423. The number of ether oxygens (including phenoxy) is 1. The number of para-hydroxylation sites is 1. The van der Waals surface area contributed by atoms with Crippen LogP contribution in [0.1, 0.15) is 39.3 Å². The zero-order valence-electron chi connectivity index (χ0n) is 16.5. The van der Waals surface area contributed by atoms with E-state index in [1.54, 1.807) is 35.1 Å². The monoisotopic (exact) mass is 405 g/mol. The predicted octanol–water partition coefficient (Wildman–Crippen LogP) is 2.49. The third-order valence-electron chi connectivity index (χ3n) is 4.89. The van der Waals surface area contributed by atoms with Crippen molar-refractivity contribution in [2.24, 2.45) is 0 Å². The molecule has 2 N–H and O–H groups in total. The zero-order chi connectivity index (χ0) is 20.8. The Hall–Kier alpha value is -3.52. The van der Waals surface area contributed by atoms with E-state index in [0.29, 0.717) is 24.3 Å². The van der Waals surface area contributed by atoms with Gasteiger partial charge in [-0.15, -0.1) is 5.10 Å². The number of amides is 2. The van der Waals surface area contributed by atoms with Crippen molar-refractivity contribution in [2.45, 2.75) is 25.5 Å². The molecule has 1 saturated heterocycles. The maximum Gasteiger partial charge on any atom is 0.277 e. The van der Waals surface area contributed by atoms with Gasteiger partial charge in [-0.1, -0.05) is 47.7 Å². The quantitative estimate of drug-likeness (QED) is 0.629. The van der Waals surface area contributed by atoms with Gasteiger partial charge in [-0.05, 0) is 30.5 Å². The topological polar surface area (TPSA) is 98.1 Å². The molecular weight excluding hydrogens is 382 g/mol. The summed E-state index contributed by atoms with van der Waals surface area (Å²) in [5, 5.41) is 13.6. The molecule has 1 aliphatic rings. The van der Waals surface area contributed by atoms with E-state index < -0.39 is 5.91 Å². The van der Waals surface area contributed by atoms with Crippen LogP contribution in [0.15, 0.2) is 60.8 Å². The van der Waals surface area contributed by atoms with Crippen molar-refractivity contribution in [3.63, 3.8) is 0 Å². The highest BCUT2D eigenvalue weighted by Crippen LogP contribution is 2.17. The first-order chi connectivity index (χ1) is 14.7. The van der Waals surface area contributed by atoms with Crippen molar-refractivity contribution in [2.75, 3.05) is 18.5 Å². The van der Waals surface area contributed by atoms with Crippen molar-refractivity contribution in [1.29, 1.82) is 0 Å². The zero-order valence-corrected chi connectivity index (χ0v) is 16.5. The number of rotatable bonds is 7. The second-order valence-electron chi connectivity index (χ2n) is 7.13. The summed E-state index contributed by atoms with van der Waals surface area (Å²) in [4.78, 5) is 25.2. The summed E-state index contributed by atoms with van der Waals surface area (Å²) in [6.07, 6.45) is 3.59. The highest BCUT2D eigenvalue weighted by atomic mass is 16.5. The summed E-state index contributed by atoms with van der Waals surface area (Å²) >= 11 is 0. The molecule has 8 heteroatoms. The third kappa shape index (κ3) is 4.90. The van der Waals surface area contributed by atoms with Crippen LogP contribution in [0.2, 0.25) is 0 Å². The Bertz CT molecular complexity index is 1010. The fraction of sp³-hybridized carbons (Fsp3) is 0.273. The van der Waals surface area contributed by atoms with E-state index in [4.69, 9.17) is 4.74 Å². The minimum Gasteiger partial charge on any atom is -0.376 e. The lowest BCUT2D eigenvalue weighted by molar-refractivity contribution is 0.0858. The van der Waals surface area contributed by atoms with Crippen LogP contribution in [0.3, 0.4) is 0 Å². The van der Waals surface area contributed by atoms with Crippen molar-refractivity contribution >= 4 is 17.5 Å². The Labute approximate surface area is 174 Å². The van der Waals surface area contributed by atoms with Gasteiger partial charge in [0.25, 0.3) is 11.8 Å². The van der Waals surface area contributed by atoms with E-state index in [9.17, 15) is 9.59 Å². The van der Waals surface area contributed by atoms with E-state index >= 15 is 0 Å². The van der Waals surface area contributed by atoms with Gasteiger partial charge in [0.15, 0.2) is 5.69 Å². The van der Waals surface area contributed by atoms with Gasteiger partial charge in [0, 0.05) is 13.2 Å². The molecule has 0 radical (unpaired) electrons. The average molecular weight is 405 g/mol. The smallest absolute Gasteiger partial charge is 0.277 e. The Balaban J connectivity index is 1.40.